The predicted octanol–water partition coefficient (Wildman–Crippen LogP) is 3.94. The third kappa shape index (κ3) is 5.99. The number of amides is 2. The summed E-state index contributed by atoms with van der Waals surface area (Å²) in [7, 11) is 0. The van der Waals surface area contributed by atoms with Gasteiger partial charge in [-0.05, 0) is 51.7 Å². The normalized spacial score (nSPS) is 15.8. The number of ether oxygens (including phenoxy) is 1. The second-order valence-electron chi connectivity index (χ2n) is 7.29. The summed E-state index contributed by atoms with van der Waals surface area (Å²) < 4.78 is 31.4. The predicted molar refractivity (Wildman–Crippen MR) is 90.1 cm³/mol. The molecule has 0 unspecified atom stereocenters. The number of nitrogens with one attached hydrogen (secondary N) is 1. The number of nitrogens with zero attached hydrogens (tertiary/aromatic N) is 1. The van der Waals surface area contributed by atoms with Crippen molar-refractivity contribution < 1.29 is 23.1 Å². The molecule has 1 heterocycles. The zero-order chi connectivity index (χ0) is 18.6. The second-order valence-corrected chi connectivity index (χ2v) is 7.29. The summed E-state index contributed by atoms with van der Waals surface area (Å²) in [6.45, 7) is 6.54. The van der Waals surface area contributed by atoms with Crippen molar-refractivity contribution in [1.82, 2.24) is 4.90 Å². The van der Waals surface area contributed by atoms with E-state index in [1.54, 1.807) is 4.90 Å². The number of carbonyl (C=O) groups excluding carboxylic acids is 2. The summed E-state index contributed by atoms with van der Waals surface area (Å²) in [6, 6.07) is 3.25. The van der Waals surface area contributed by atoms with Crippen molar-refractivity contribution in [3.8, 4) is 0 Å². The Labute approximate surface area is 146 Å². The van der Waals surface area contributed by atoms with Crippen LogP contribution in [0, 0.1) is 17.6 Å². The first-order valence-electron chi connectivity index (χ1n) is 8.37. The fourth-order valence-electron chi connectivity index (χ4n) is 2.69. The minimum absolute atomic E-state index is 0.143. The van der Waals surface area contributed by atoms with Crippen molar-refractivity contribution in [3.05, 3.63) is 29.8 Å². The topological polar surface area (TPSA) is 58.6 Å². The maximum atomic E-state index is 13.1. The van der Waals surface area contributed by atoms with Gasteiger partial charge >= 0.3 is 6.09 Å². The Morgan fingerprint density at radius 1 is 1.20 bits per heavy atom. The highest BCUT2D eigenvalue weighted by atomic mass is 19.2. The first-order valence-corrected chi connectivity index (χ1v) is 8.37. The zero-order valence-corrected chi connectivity index (χ0v) is 14.8. The van der Waals surface area contributed by atoms with Gasteiger partial charge in [0, 0.05) is 31.3 Å². The number of likely N-dealkylation sites (tertiary alicyclic amines) is 1. The van der Waals surface area contributed by atoms with Crippen molar-refractivity contribution in [2.75, 3.05) is 18.4 Å². The van der Waals surface area contributed by atoms with Gasteiger partial charge in [-0.2, -0.15) is 0 Å². The van der Waals surface area contributed by atoms with E-state index in [2.05, 4.69) is 5.32 Å². The number of anilines is 1. The van der Waals surface area contributed by atoms with Crippen LogP contribution < -0.4 is 5.32 Å². The van der Waals surface area contributed by atoms with Crippen molar-refractivity contribution in [1.29, 1.82) is 0 Å². The molecule has 138 valence electrons. The molecular weight excluding hydrogens is 330 g/mol. The van der Waals surface area contributed by atoms with Crippen LogP contribution in [0.3, 0.4) is 0 Å². The minimum atomic E-state index is -0.997. The van der Waals surface area contributed by atoms with E-state index in [1.807, 2.05) is 20.8 Å². The number of piperidine rings is 1. The van der Waals surface area contributed by atoms with Crippen molar-refractivity contribution in [3.63, 3.8) is 0 Å². The summed E-state index contributed by atoms with van der Waals surface area (Å²) in [5.74, 6) is -2.05. The van der Waals surface area contributed by atoms with E-state index >= 15 is 0 Å². The molecule has 0 radical (unpaired) electrons. The molecule has 0 atom stereocenters. The molecule has 2 amide bonds. The molecule has 1 aromatic carbocycles. The Morgan fingerprint density at radius 3 is 2.40 bits per heavy atom. The fourth-order valence-corrected chi connectivity index (χ4v) is 2.69. The van der Waals surface area contributed by atoms with E-state index in [1.165, 1.54) is 6.07 Å². The van der Waals surface area contributed by atoms with Gasteiger partial charge in [-0.25, -0.2) is 13.6 Å². The fraction of sp³-hybridized carbons (Fsp3) is 0.556. The van der Waals surface area contributed by atoms with Crippen LogP contribution in [0.2, 0.25) is 0 Å². The van der Waals surface area contributed by atoms with E-state index in [-0.39, 0.29) is 30.0 Å². The molecule has 1 N–H and O–H groups in total. The van der Waals surface area contributed by atoms with E-state index in [0.29, 0.717) is 25.9 Å². The monoisotopic (exact) mass is 354 g/mol. The molecule has 0 saturated carbocycles. The Balaban J connectivity index is 1.78. The van der Waals surface area contributed by atoms with Crippen molar-refractivity contribution in [2.24, 2.45) is 5.92 Å². The summed E-state index contributed by atoms with van der Waals surface area (Å²) in [5, 5.41) is 2.57. The molecule has 1 aliphatic rings. The third-order valence-corrected chi connectivity index (χ3v) is 3.94. The lowest BCUT2D eigenvalue weighted by Crippen LogP contribution is -2.42. The highest BCUT2D eigenvalue weighted by molar-refractivity contribution is 5.90. The maximum absolute atomic E-state index is 13.1. The van der Waals surface area contributed by atoms with Gasteiger partial charge < -0.3 is 15.0 Å². The average Bonchev–Trinajstić information content (AvgIpc) is 2.50. The standard InChI is InChI=1S/C18H24F2N2O3/c1-18(2,3)25-17(24)22-8-6-12(7-9-22)10-16(23)21-13-4-5-14(19)15(20)11-13/h4-5,11-12H,6-10H2,1-3H3,(H,21,23). The smallest absolute Gasteiger partial charge is 0.410 e. The molecule has 5 nitrogen and oxygen atoms in total. The molecule has 7 heteroatoms. The number of benzene rings is 1. The molecular formula is C18H24F2N2O3. The largest absolute Gasteiger partial charge is 0.444 e. The number of hydrogen-bond donors (Lipinski definition) is 1. The Kier molecular flexibility index (Phi) is 5.98. The maximum Gasteiger partial charge on any atom is 0.410 e. The van der Waals surface area contributed by atoms with Crippen LogP contribution in [0.25, 0.3) is 0 Å². The lowest BCUT2D eigenvalue weighted by molar-refractivity contribution is -0.117. The van der Waals surface area contributed by atoms with Gasteiger partial charge in [0.05, 0.1) is 0 Å². The Morgan fingerprint density at radius 2 is 1.84 bits per heavy atom. The van der Waals surface area contributed by atoms with E-state index in [9.17, 15) is 18.4 Å². The zero-order valence-electron chi connectivity index (χ0n) is 14.8. The van der Waals surface area contributed by atoms with Gasteiger partial charge in [-0.1, -0.05) is 0 Å². The minimum Gasteiger partial charge on any atom is -0.444 e. The van der Waals surface area contributed by atoms with Crippen LogP contribution in [0.15, 0.2) is 18.2 Å². The highest BCUT2D eigenvalue weighted by Gasteiger charge is 2.27. The van der Waals surface area contributed by atoms with Crippen LogP contribution in [0.5, 0.6) is 0 Å². The number of carbonyl (C=O) groups is 2. The molecule has 0 bridgehead atoms. The van der Waals surface area contributed by atoms with Gasteiger partial charge in [0.25, 0.3) is 0 Å². The molecule has 25 heavy (non-hydrogen) atoms. The second kappa shape index (κ2) is 7.80. The molecule has 0 aliphatic carbocycles. The summed E-state index contributed by atoms with van der Waals surface area (Å²) in [4.78, 5) is 25.7. The van der Waals surface area contributed by atoms with Crippen molar-refractivity contribution >= 4 is 17.7 Å². The van der Waals surface area contributed by atoms with Gasteiger partial charge in [0.1, 0.15) is 5.60 Å². The van der Waals surface area contributed by atoms with Gasteiger partial charge in [-0.3, -0.25) is 4.79 Å². The molecule has 0 aromatic heterocycles. The third-order valence-electron chi connectivity index (χ3n) is 3.94. The molecule has 1 saturated heterocycles. The van der Waals surface area contributed by atoms with Gasteiger partial charge in [0.15, 0.2) is 11.6 Å². The lowest BCUT2D eigenvalue weighted by atomic mass is 9.93. The van der Waals surface area contributed by atoms with Crippen LogP contribution in [0.4, 0.5) is 19.3 Å². The summed E-state index contributed by atoms with van der Waals surface area (Å²) >= 11 is 0. The number of hydrogen-bond acceptors (Lipinski definition) is 3. The number of halogens is 2. The molecule has 1 aliphatic heterocycles. The van der Waals surface area contributed by atoms with E-state index < -0.39 is 17.2 Å². The Bertz CT molecular complexity index is 636. The first kappa shape index (κ1) is 19.1. The molecule has 1 aromatic rings. The van der Waals surface area contributed by atoms with Crippen molar-refractivity contribution in [2.45, 2.75) is 45.6 Å². The molecule has 2 rings (SSSR count). The van der Waals surface area contributed by atoms with E-state index in [4.69, 9.17) is 4.74 Å². The highest BCUT2D eigenvalue weighted by Crippen LogP contribution is 2.23. The SMILES string of the molecule is CC(C)(C)OC(=O)N1CCC(CC(=O)Nc2ccc(F)c(F)c2)CC1. The van der Waals surface area contributed by atoms with Crippen LogP contribution in [0.1, 0.15) is 40.0 Å². The quantitative estimate of drug-likeness (QED) is 0.894. The van der Waals surface area contributed by atoms with Crippen LogP contribution >= 0.6 is 0 Å². The average molecular weight is 354 g/mol. The molecule has 0 spiro atoms. The van der Waals surface area contributed by atoms with E-state index in [0.717, 1.165) is 12.1 Å². The van der Waals surface area contributed by atoms with Gasteiger partial charge in [-0.15, -0.1) is 0 Å². The van der Waals surface area contributed by atoms with Gasteiger partial charge in [0.2, 0.25) is 5.91 Å². The first-order chi connectivity index (χ1) is 11.6. The number of rotatable bonds is 3. The van der Waals surface area contributed by atoms with Crippen LogP contribution in [-0.2, 0) is 9.53 Å². The summed E-state index contributed by atoms with van der Waals surface area (Å²) in [5.41, 5.74) is -0.298. The lowest BCUT2D eigenvalue weighted by Gasteiger charge is -2.33. The Hall–Kier alpha value is -2.18. The van der Waals surface area contributed by atoms with Crippen LogP contribution in [-0.4, -0.2) is 35.6 Å². The molecule has 1 fully saturated rings. The summed E-state index contributed by atoms with van der Waals surface area (Å²) in [6.07, 6.45) is 1.34.